The highest BCUT2D eigenvalue weighted by atomic mass is 19.1. The molecule has 1 aliphatic heterocycles. The second-order valence-corrected chi connectivity index (χ2v) is 10.9. The Labute approximate surface area is 224 Å². The third kappa shape index (κ3) is 10.8. The van der Waals surface area contributed by atoms with Crippen LogP contribution in [0.3, 0.4) is 0 Å². The molecule has 3 rings (SSSR count). The van der Waals surface area contributed by atoms with Crippen molar-refractivity contribution in [2.45, 2.75) is 110 Å². The zero-order valence-electron chi connectivity index (χ0n) is 22.1. The zero-order chi connectivity index (χ0) is 25.8. The van der Waals surface area contributed by atoms with Crippen LogP contribution in [-0.2, 0) is 9.59 Å². The van der Waals surface area contributed by atoms with Crippen molar-refractivity contribution < 1.29 is 23.8 Å². The Hall–Kier alpha value is -1.79. The summed E-state index contributed by atoms with van der Waals surface area (Å²) in [4.78, 5) is 27.3. The highest BCUT2D eigenvalue weighted by Crippen LogP contribution is 2.30. The first-order valence-corrected chi connectivity index (χ1v) is 14.3. The van der Waals surface area contributed by atoms with Crippen molar-refractivity contribution in [2.24, 2.45) is 11.8 Å². The van der Waals surface area contributed by atoms with Crippen molar-refractivity contribution in [3.05, 3.63) is 29.8 Å². The van der Waals surface area contributed by atoms with Crippen LogP contribution in [0.2, 0.25) is 0 Å². The number of ketones is 2. The van der Waals surface area contributed by atoms with Gasteiger partial charge in [-0.15, -0.1) is 0 Å². The number of hydrogen-bond acceptors (Lipinski definition) is 5. The van der Waals surface area contributed by atoms with Crippen molar-refractivity contribution in [1.29, 1.82) is 0 Å². The number of hydrogen-bond donors (Lipinski definition) is 1. The summed E-state index contributed by atoms with van der Waals surface area (Å²) >= 11 is 0. The zero-order valence-corrected chi connectivity index (χ0v) is 22.1. The number of carbonyl (C=O) groups excluding carboxylic acids is 2. The predicted molar refractivity (Wildman–Crippen MR) is 148 cm³/mol. The maximum atomic E-state index is 13.8. The molecule has 1 heterocycles. The van der Waals surface area contributed by atoms with E-state index in [1.54, 1.807) is 0 Å². The van der Waals surface area contributed by atoms with Crippen LogP contribution in [0, 0.1) is 11.8 Å². The molecule has 1 aliphatic carbocycles. The van der Waals surface area contributed by atoms with Gasteiger partial charge in [-0.2, -0.15) is 0 Å². The van der Waals surface area contributed by atoms with Gasteiger partial charge in [-0.25, -0.2) is 4.39 Å². The third-order valence-electron chi connectivity index (χ3n) is 7.82. The molecule has 5 nitrogen and oxygen atoms in total. The van der Waals surface area contributed by atoms with E-state index in [1.165, 1.54) is 6.42 Å². The Balaban J connectivity index is 0.00000481. The van der Waals surface area contributed by atoms with Crippen molar-refractivity contribution in [3.8, 4) is 5.75 Å². The van der Waals surface area contributed by atoms with Crippen molar-refractivity contribution in [2.75, 3.05) is 26.2 Å². The first-order chi connectivity index (χ1) is 17.5. The summed E-state index contributed by atoms with van der Waals surface area (Å²) in [6, 6.07) is 7.46. The molecular formula is C31H50FNO4. The minimum Gasteiger partial charge on any atom is -0.494 e. The Bertz CT molecular complexity index is 793. The lowest BCUT2D eigenvalue weighted by atomic mass is 9.84. The molecule has 1 aromatic rings. The summed E-state index contributed by atoms with van der Waals surface area (Å²) < 4.78 is 19.5. The molecule has 0 amide bonds. The van der Waals surface area contributed by atoms with Gasteiger partial charge >= 0.3 is 0 Å². The van der Waals surface area contributed by atoms with Crippen molar-refractivity contribution in [1.82, 2.24) is 4.90 Å². The van der Waals surface area contributed by atoms with E-state index in [4.69, 9.17) is 4.74 Å². The number of nitrogens with zero attached hydrogens (tertiary/aromatic N) is 1. The van der Waals surface area contributed by atoms with Gasteiger partial charge in [-0.3, -0.25) is 14.5 Å². The summed E-state index contributed by atoms with van der Waals surface area (Å²) in [7, 11) is 0. The number of halogens is 1. The van der Waals surface area contributed by atoms with Gasteiger partial charge in [0.15, 0.2) is 0 Å². The Morgan fingerprint density at radius 1 is 1.05 bits per heavy atom. The van der Waals surface area contributed by atoms with Crippen LogP contribution in [-0.4, -0.2) is 54.0 Å². The van der Waals surface area contributed by atoms with E-state index in [9.17, 15) is 19.1 Å². The van der Waals surface area contributed by atoms with Gasteiger partial charge in [0.2, 0.25) is 0 Å². The lowest BCUT2D eigenvalue weighted by molar-refractivity contribution is -0.124. The molecule has 1 saturated carbocycles. The normalized spacial score (nSPS) is 20.2. The van der Waals surface area contributed by atoms with E-state index in [1.807, 2.05) is 29.2 Å². The molecule has 1 saturated heterocycles. The van der Waals surface area contributed by atoms with Gasteiger partial charge < -0.3 is 9.84 Å². The quantitative estimate of drug-likeness (QED) is 0.242. The molecule has 2 fully saturated rings. The van der Waals surface area contributed by atoms with E-state index >= 15 is 0 Å². The minimum absolute atomic E-state index is 0. The monoisotopic (exact) mass is 519 g/mol. The number of aliphatic hydroxyl groups is 1. The number of likely N-dealkylation sites (tertiary alicyclic amines) is 1. The highest BCUT2D eigenvalue weighted by molar-refractivity contribution is 5.81. The van der Waals surface area contributed by atoms with Gasteiger partial charge in [0.1, 0.15) is 23.5 Å². The molecule has 0 bridgehead atoms. The number of carbonyl (C=O) groups is 2. The number of unbranched alkanes of at least 4 members (excludes halogenated alkanes) is 2. The number of alkyl halides is 1. The van der Waals surface area contributed by atoms with E-state index in [0.29, 0.717) is 57.7 Å². The molecule has 0 aromatic heterocycles. The topological polar surface area (TPSA) is 66.8 Å². The molecule has 0 spiro atoms. The summed E-state index contributed by atoms with van der Waals surface area (Å²) in [6.07, 6.45) is 9.28. The lowest BCUT2D eigenvalue weighted by Gasteiger charge is -2.27. The van der Waals surface area contributed by atoms with Gasteiger partial charge in [0.05, 0.1) is 12.7 Å². The first kappa shape index (κ1) is 31.4. The molecule has 210 valence electrons. The first-order valence-electron chi connectivity index (χ1n) is 14.3. The molecule has 3 atom stereocenters. The minimum atomic E-state index is -0.834. The average Bonchev–Trinajstić information content (AvgIpc) is 3.31. The van der Waals surface area contributed by atoms with Crippen molar-refractivity contribution in [3.63, 3.8) is 0 Å². The number of aliphatic hydroxyl groups excluding tert-OH is 1. The van der Waals surface area contributed by atoms with Crippen LogP contribution in [0.25, 0.3) is 0 Å². The predicted octanol–water partition coefficient (Wildman–Crippen LogP) is 6.86. The SMILES string of the molecule is C.CCCCOc1ccc([C@@H](O)[C@H](CC(=O)CCCCC(=O)C2CCCCC2)CN2CC[C@@H](F)C2)cc1. The van der Waals surface area contributed by atoms with E-state index in [-0.39, 0.29) is 31.5 Å². The summed E-state index contributed by atoms with van der Waals surface area (Å²) in [6.45, 7) is 4.31. The highest BCUT2D eigenvalue weighted by Gasteiger charge is 2.30. The summed E-state index contributed by atoms with van der Waals surface area (Å²) in [5.74, 6) is 1.19. The summed E-state index contributed by atoms with van der Waals surface area (Å²) in [5.41, 5.74) is 0.754. The Kier molecular flexibility index (Phi) is 14.4. The molecule has 1 aromatic carbocycles. The number of benzene rings is 1. The van der Waals surface area contributed by atoms with E-state index in [2.05, 4.69) is 6.92 Å². The largest absolute Gasteiger partial charge is 0.494 e. The van der Waals surface area contributed by atoms with Gasteiger partial charge in [-0.05, 0) is 56.2 Å². The number of ether oxygens (including phenoxy) is 1. The van der Waals surface area contributed by atoms with E-state index in [0.717, 1.165) is 56.3 Å². The van der Waals surface area contributed by atoms with Gasteiger partial charge in [-0.1, -0.05) is 52.2 Å². The van der Waals surface area contributed by atoms with E-state index < -0.39 is 12.3 Å². The molecule has 37 heavy (non-hydrogen) atoms. The molecular weight excluding hydrogens is 469 g/mol. The van der Waals surface area contributed by atoms with Gasteiger partial charge in [0, 0.05) is 50.7 Å². The third-order valence-corrected chi connectivity index (χ3v) is 7.82. The van der Waals surface area contributed by atoms with Gasteiger partial charge in [0.25, 0.3) is 0 Å². The average molecular weight is 520 g/mol. The molecule has 0 unspecified atom stereocenters. The standard InChI is InChI=1S/C30H46FNO4.CH4/c1-2-3-19-36-28-15-13-24(14-16-28)30(35)25(21-32-18-17-26(31)22-32)20-27(33)11-7-8-12-29(34)23-9-5-4-6-10-23;/h13-16,23,25-26,30,35H,2-12,17-22H2,1H3;1H4/t25-,26-,30-;/m1./s1. The van der Waals surface area contributed by atoms with Crippen LogP contribution >= 0.6 is 0 Å². The maximum absolute atomic E-state index is 13.8. The van der Waals surface area contributed by atoms with Crippen LogP contribution in [0.5, 0.6) is 5.75 Å². The molecule has 2 aliphatic rings. The number of rotatable bonds is 16. The van der Waals surface area contributed by atoms with Crippen LogP contribution < -0.4 is 4.74 Å². The number of Topliss-reactive ketones (excluding diaryl/α,β-unsaturated/α-hetero) is 2. The maximum Gasteiger partial charge on any atom is 0.135 e. The fourth-order valence-corrected chi connectivity index (χ4v) is 5.57. The second kappa shape index (κ2) is 16.9. The van der Waals surface area contributed by atoms with Crippen molar-refractivity contribution >= 4 is 11.6 Å². The van der Waals surface area contributed by atoms with Crippen LogP contribution in [0.15, 0.2) is 24.3 Å². The van der Waals surface area contributed by atoms with Crippen LogP contribution in [0.4, 0.5) is 4.39 Å². The fourth-order valence-electron chi connectivity index (χ4n) is 5.57. The Morgan fingerprint density at radius 3 is 2.41 bits per heavy atom. The molecule has 0 radical (unpaired) electrons. The molecule has 1 N–H and O–H groups in total. The Morgan fingerprint density at radius 2 is 1.76 bits per heavy atom. The summed E-state index contributed by atoms with van der Waals surface area (Å²) in [5, 5.41) is 11.2. The fraction of sp³-hybridized carbons (Fsp3) is 0.742. The molecule has 6 heteroatoms. The lowest BCUT2D eigenvalue weighted by Crippen LogP contribution is -2.32. The second-order valence-electron chi connectivity index (χ2n) is 10.9. The van der Waals surface area contributed by atoms with Crippen LogP contribution in [0.1, 0.15) is 109 Å². The smallest absolute Gasteiger partial charge is 0.135 e.